The van der Waals surface area contributed by atoms with Gasteiger partial charge in [-0.2, -0.15) is 0 Å². The van der Waals surface area contributed by atoms with Crippen molar-refractivity contribution in [1.82, 2.24) is 9.88 Å². The molecule has 0 bridgehead atoms. The molecule has 1 heterocycles. The molecule has 0 fully saturated rings. The van der Waals surface area contributed by atoms with E-state index in [0.29, 0.717) is 19.4 Å². The third kappa shape index (κ3) is 3.25. The van der Waals surface area contributed by atoms with E-state index in [4.69, 9.17) is 5.11 Å². The monoisotopic (exact) mass is 324 g/mol. The fraction of sp³-hybridized carbons (Fsp3) is 0.263. The average Bonchev–Trinajstić information content (AvgIpc) is 2.85. The van der Waals surface area contributed by atoms with Crippen LogP contribution < -0.4 is 5.32 Å². The zero-order chi connectivity index (χ0) is 17.1. The molecule has 124 valence electrons. The maximum Gasteiger partial charge on any atom is 0.303 e. The lowest BCUT2D eigenvalue weighted by atomic mass is 10.1. The summed E-state index contributed by atoms with van der Waals surface area (Å²) in [6.45, 7) is 0.391. The number of aromatic nitrogens is 1. The van der Waals surface area contributed by atoms with Crippen molar-refractivity contribution in [3.05, 3.63) is 48.0 Å². The van der Waals surface area contributed by atoms with E-state index in [1.165, 1.54) is 10.9 Å². The molecule has 0 saturated heterocycles. The van der Waals surface area contributed by atoms with Crippen molar-refractivity contribution in [2.45, 2.75) is 19.3 Å². The minimum atomic E-state index is -0.842. The number of fused-ring (bicyclic) bond motifs is 3. The summed E-state index contributed by atoms with van der Waals surface area (Å²) < 4.78 is 2.15. The number of hydrogen-bond acceptors (Lipinski definition) is 2. The number of amides is 1. The van der Waals surface area contributed by atoms with Crippen LogP contribution in [-0.4, -0.2) is 28.1 Å². The number of rotatable bonds is 6. The number of aliphatic carboxylic acids is 1. The Morgan fingerprint density at radius 1 is 1.08 bits per heavy atom. The van der Waals surface area contributed by atoms with E-state index in [1.54, 1.807) is 0 Å². The Kier molecular flexibility index (Phi) is 4.51. The lowest BCUT2D eigenvalue weighted by Gasteiger charge is -2.05. The summed E-state index contributed by atoms with van der Waals surface area (Å²) in [5.74, 6) is -0.925. The molecular formula is C19H20N2O3. The normalized spacial score (nSPS) is 11.0. The number of carbonyl (C=O) groups excluding carboxylic acids is 1. The molecule has 0 aliphatic rings. The average molecular weight is 324 g/mol. The van der Waals surface area contributed by atoms with Crippen LogP contribution in [0.2, 0.25) is 0 Å². The van der Waals surface area contributed by atoms with Crippen LogP contribution in [-0.2, 0) is 23.1 Å². The quantitative estimate of drug-likeness (QED) is 0.685. The van der Waals surface area contributed by atoms with Gasteiger partial charge in [-0.1, -0.05) is 24.3 Å². The topological polar surface area (TPSA) is 71.3 Å². The summed E-state index contributed by atoms with van der Waals surface area (Å²) in [4.78, 5) is 22.5. The lowest BCUT2D eigenvalue weighted by Crippen LogP contribution is -2.26. The highest BCUT2D eigenvalue weighted by Crippen LogP contribution is 2.28. The van der Waals surface area contributed by atoms with Crippen molar-refractivity contribution >= 4 is 33.7 Å². The summed E-state index contributed by atoms with van der Waals surface area (Å²) in [5.41, 5.74) is 3.26. The highest BCUT2D eigenvalue weighted by molar-refractivity contribution is 6.08. The van der Waals surface area contributed by atoms with Crippen molar-refractivity contribution in [3.63, 3.8) is 0 Å². The molecule has 0 radical (unpaired) electrons. The van der Waals surface area contributed by atoms with Crippen molar-refractivity contribution in [2.75, 3.05) is 6.54 Å². The SMILES string of the molecule is Cn1c2ccccc2c2cc(CC(=O)NCCCC(=O)O)ccc21. The van der Waals surface area contributed by atoms with Crippen LogP contribution >= 0.6 is 0 Å². The number of carbonyl (C=O) groups is 2. The van der Waals surface area contributed by atoms with Gasteiger partial charge in [-0.15, -0.1) is 0 Å². The van der Waals surface area contributed by atoms with Crippen LogP contribution in [0, 0.1) is 0 Å². The van der Waals surface area contributed by atoms with E-state index >= 15 is 0 Å². The molecule has 3 rings (SSSR count). The molecule has 5 nitrogen and oxygen atoms in total. The number of carboxylic acids is 1. The van der Waals surface area contributed by atoms with Gasteiger partial charge in [0, 0.05) is 41.8 Å². The second kappa shape index (κ2) is 6.74. The largest absolute Gasteiger partial charge is 0.481 e. The van der Waals surface area contributed by atoms with Gasteiger partial charge in [-0.25, -0.2) is 0 Å². The Hall–Kier alpha value is -2.82. The standard InChI is InChI=1S/C19H20N2O3/c1-21-16-6-3-2-5-14(16)15-11-13(8-9-17(15)21)12-18(22)20-10-4-7-19(23)24/h2-3,5-6,8-9,11H,4,7,10,12H2,1H3,(H,20,22)(H,23,24). The molecule has 0 aliphatic carbocycles. The van der Waals surface area contributed by atoms with Crippen molar-refractivity contribution < 1.29 is 14.7 Å². The zero-order valence-corrected chi connectivity index (χ0v) is 13.6. The summed E-state index contributed by atoms with van der Waals surface area (Å²) in [6, 6.07) is 14.3. The van der Waals surface area contributed by atoms with Gasteiger partial charge in [-0.05, 0) is 30.2 Å². The Morgan fingerprint density at radius 2 is 1.83 bits per heavy atom. The molecule has 0 spiro atoms. The van der Waals surface area contributed by atoms with Crippen molar-refractivity contribution in [2.24, 2.45) is 7.05 Å². The summed E-state index contributed by atoms with van der Waals surface area (Å²) >= 11 is 0. The second-order valence-electron chi connectivity index (χ2n) is 5.95. The number of aryl methyl sites for hydroxylation is 1. The first-order valence-corrected chi connectivity index (χ1v) is 8.01. The maximum atomic E-state index is 12.0. The van der Waals surface area contributed by atoms with Gasteiger partial charge in [-0.3, -0.25) is 9.59 Å². The lowest BCUT2D eigenvalue weighted by molar-refractivity contribution is -0.137. The third-order valence-electron chi connectivity index (χ3n) is 4.23. The first kappa shape index (κ1) is 16.1. The van der Waals surface area contributed by atoms with Crippen LogP contribution in [0.3, 0.4) is 0 Å². The highest BCUT2D eigenvalue weighted by Gasteiger charge is 2.10. The Balaban J connectivity index is 1.75. The predicted octanol–water partition coefficient (Wildman–Crippen LogP) is 2.86. The van der Waals surface area contributed by atoms with Gasteiger partial charge in [0.1, 0.15) is 0 Å². The zero-order valence-electron chi connectivity index (χ0n) is 13.6. The minimum absolute atomic E-state index is 0.0717. The van der Waals surface area contributed by atoms with Crippen LogP contribution in [0.5, 0.6) is 0 Å². The van der Waals surface area contributed by atoms with Gasteiger partial charge in [0.15, 0.2) is 0 Å². The minimum Gasteiger partial charge on any atom is -0.481 e. The molecule has 1 amide bonds. The Morgan fingerprint density at radius 3 is 2.62 bits per heavy atom. The first-order chi connectivity index (χ1) is 11.6. The van der Waals surface area contributed by atoms with Crippen molar-refractivity contribution in [1.29, 1.82) is 0 Å². The highest BCUT2D eigenvalue weighted by atomic mass is 16.4. The van der Waals surface area contributed by atoms with E-state index in [9.17, 15) is 9.59 Å². The van der Waals surface area contributed by atoms with Crippen LogP contribution in [0.1, 0.15) is 18.4 Å². The van der Waals surface area contributed by atoms with Gasteiger partial charge in [0.05, 0.1) is 6.42 Å². The van der Waals surface area contributed by atoms with Crippen molar-refractivity contribution in [3.8, 4) is 0 Å². The van der Waals surface area contributed by atoms with Crippen LogP contribution in [0.4, 0.5) is 0 Å². The number of para-hydroxylation sites is 1. The summed E-state index contributed by atoms with van der Waals surface area (Å²) in [6.07, 6.45) is 0.817. The molecular weight excluding hydrogens is 304 g/mol. The smallest absolute Gasteiger partial charge is 0.303 e. The number of hydrogen-bond donors (Lipinski definition) is 2. The predicted molar refractivity (Wildman–Crippen MR) is 94.0 cm³/mol. The first-order valence-electron chi connectivity index (χ1n) is 8.01. The molecule has 5 heteroatoms. The fourth-order valence-corrected chi connectivity index (χ4v) is 3.04. The molecule has 24 heavy (non-hydrogen) atoms. The van der Waals surface area contributed by atoms with Crippen LogP contribution in [0.15, 0.2) is 42.5 Å². The number of nitrogens with one attached hydrogen (secondary N) is 1. The van der Waals surface area contributed by atoms with Gasteiger partial charge >= 0.3 is 5.97 Å². The molecule has 0 atom stereocenters. The van der Waals surface area contributed by atoms with E-state index in [1.807, 2.05) is 31.3 Å². The summed E-state index contributed by atoms with van der Waals surface area (Å²) in [7, 11) is 2.04. The molecule has 2 aromatic carbocycles. The molecule has 0 saturated carbocycles. The summed E-state index contributed by atoms with van der Waals surface area (Å²) in [5, 5.41) is 13.7. The third-order valence-corrected chi connectivity index (χ3v) is 4.23. The molecule has 3 aromatic rings. The molecule has 1 aromatic heterocycles. The number of nitrogens with zero attached hydrogens (tertiary/aromatic N) is 1. The molecule has 2 N–H and O–H groups in total. The fourth-order valence-electron chi connectivity index (χ4n) is 3.04. The Labute approximate surface area is 139 Å². The second-order valence-corrected chi connectivity index (χ2v) is 5.95. The van der Waals surface area contributed by atoms with E-state index < -0.39 is 5.97 Å². The van der Waals surface area contributed by atoms with Crippen LogP contribution in [0.25, 0.3) is 21.8 Å². The number of carboxylic acid groups (broad SMARTS) is 1. The maximum absolute atomic E-state index is 12.0. The molecule has 0 aliphatic heterocycles. The van der Waals surface area contributed by atoms with E-state index in [-0.39, 0.29) is 12.3 Å². The van der Waals surface area contributed by atoms with E-state index in [2.05, 4.69) is 28.1 Å². The van der Waals surface area contributed by atoms with E-state index in [0.717, 1.165) is 16.5 Å². The van der Waals surface area contributed by atoms with Gasteiger partial charge in [0.25, 0.3) is 0 Å². The van der Waals surface area contributed by atoms with Gasteiger partial charge in [0.2, 0.25) is 5.91 Å². The Bertz CT molecular complexity index is 912. The van der Waals surface area contributed by atoms with Gasteiger partial charge < -0.3 is 15.0 Å². The molecule has 0 unspecified atom stereocenters. The number of benzene rings is 2.